The molecule has 0 spiro atoms. The number of benzene rings is 1. The summed E-state index contributed by atoms with van der Waals surface area (Å²) in [4.78, 5) is 12.2. The second-order valence-corrected chi connectivity index (χ2v) is 5.72. The molecule has 1 aliphatic carbocycles. The highest BCUT2D eigenvalue weighted by molar-refractivity contribution is 5.95. The molecule has 1 aliphatic rings. The number of nitrogens with one attached hydrogen (secondary N) is 1. The van der Waals surface area contributed by atoms with E-state index in [0.29, 0.717) is 12.5 Å². The third-order valence-corrected chi connectivity index (χ3v) is 4.20. The molecular formula is C15H20F2N2O. The number of hydrogen-bond acceptors (Lipinski definition) is 2. The van der Waals surface area contributed by atoms with Gasteiger partial charge in [-0.3, -0.25) is 4.79 Å². The van der Waals surface area contributed by atoms with E-state index in [-0.39, 0.29) is 5.56 Å². The van der Waals surface area contributed by atoms with Crippen molar-refractivity contribution in [2.45, 2.75) is 38.1 Å². The van der Waals surface area contributed by atoms with Crippen LogP contribution in [0.1, 0.15) is 43.0 Å². The highest BCUT2D eigenvalue weighted by Gasteiger charge is 2.35. The van der Waals surface area contributed by atoms with Crippen molar-refractivity contribution in [3.63, 3.8) is 0 Å². The van der Waals surface area contributed by atoms with Gasteiger partial charge in [0.2, 0.25) is 0 Å². The van der Waals surface area contributed by atoms with E-state index in [1.807, 2.05) is 0 Å². The van der Waals surface area contributed by atoms with Gasteiger partial charge in [-0.2, -0.15) is 0 Å². The number of hydrogen-bond donors (Lipinski definition) is 2. The van der Waals surface area contributed by atoms with Gasteiger partial charge in [0.15, 0.2) is 11.6 Å². The molecule has 3 N–H and O–H groups in total. The maximum absolute atomic E-state index is 13.6. The van der Waals surface area contributed by atoms with E-state index in [4.69, 9.17) is 5.73 Å². The highest BCUT2D eigenvalue weighted by atomic mass is 19.2. The summed E-state index contributed by atoms with van der Waals surface area (Å²) < 4.78 is 26.8. The SMILES string of the molecule is CC1CCC(CN)(NC(=O)c2cccc(F)c2F)CC1. The Kier molecular flexibility index (Phi) is 4.38. The zero-order valence-corrected chi connectivity index (χ0v) is 11.6. The molecule has 20 heavy (non-hydrogen) atoms. The average molecular weight is 282 g/mol. The fourth-order valence-electron chi connectivity index (χ4n) is 2.68. The van der Waals surface area contributed by atoms with Crippen LogP contribution < -0.4 is 11.1 Å². The van der Waals surface area contributed by atoms with Crippen molar-refractivity contribution in [3.05, 3.63) is 35.4 Å². The minimum atomic E-state index is -1.11. The quantitative estimate of drug-likeness (QED) is 0.895. The zero-order chi connectivity index (χ0) is 14.8. The van der Waals surface area contributed by atoms with Gasteiger partial charge < -0.3 is 11.1 Å². The molecule has 1 fully saturated rings. The zero-order valence-electron chi connectivity index (χ0n) is 11.6. The molecule has 2 rings (SSSR count). The van der Waals surface area contributed by atoms with E-state index in [9.17, 15) is 13.6 Å². The lowest BCUT2D eigenvalue weighted by Crippen LogP contribution is -2.55. The van der Waals surface area contributed by atoms with E-state index in [2.05, 4.69) is 12.2 Å². The van der Waals surface area contributed by atoms with Gasteiger partial charge in [-0.25, -0.2) is 8.78 Å². The van der Waals surface area contributed by atoms with Gasteiger partial charge in [0.1, 0.15) is 0 Å². The molecule has 5 heteroatoms. The number of amides is 1. The van der Waals surface area contributed by atoms with Crippen molar-refractivity contribution in [3.8, 4) is 0 Å². The molecule has 3 nitrogen and oxygen atoms in total. The summed E-state index contributed by atoms with van der Waals surface area (Å²) in [6.45, 7) is 2.47. The second kappa shape index (κ2) is 5.87. The Bertz CT molecular complexity index is 497. The molecule has 1 aromatic carbocycles. The molecule has 0 radical (unpaired) electrons. The number of rotatable bonds is 3. The van der Waals surface area contributed by atoms with Crippen molar-refractivity contribution < 1.29 is 13.6 Å². The van der Waals surface area contributed by atoms with E-state index < -0.39 is 23.1 Å². The maximum Gasteiger partial charge on any atom is 0.254 e. The Balaban J connectivity index is 2.15. The molecule has 110 valence electrons. The van der Waals surface area contributed by atoms with Crippen LogP contribution in [0.25, 0.3) is 0 Å². The lowest BCUT2D eigenvalue weighted by atomic mass is 9.77. The number of carbonyl (C=O) groups excluding carboxylic acids is 1. The molecule has 1 aromatic rings. The Morgan fingerprint density at radius 2 is 2.05 bits per heavy atom. The minimum absolute atomic E-state index is 0.267. The second-order valence-electron chi connectivity index (χ2n) is 5.72. The molecule has 0 bridgehead atoms. The normalized spacial score (nSPS) is 26.3. The van der Waals surface area contributed by atoms with Crippen LogP contribution in [0.15, 0.2) is 18.2 Å². The van der Waals surface area contributed by atoms with Gasteiger partial charge >= 0.3 is 0 Å². The summed E-state index contributed by atoms with van der Waals surface area (Å²) in [7, 11) is 0. The van der Waals surface area contributed by atoms with Crippen LogP contribution >= 0.6 is 0 Å². The molecule has 0 saturated heterocycles. The van der Waals surface area contributed by atoms with E-state index >= 15 is 0 Å². The lowest BCUT2D eigenvalue weighted by molar-refractivity contribution is 0.0855. The van der Waals surface area contributed by atoms with E-state index in [1.54, 1.807) is 0 Å². The Morgan fingerprint density at radius 1 is 1.40 bits per heavy atom. The highest BCUT2D eigenvalue weighted by Crippen LogP contribution is 2.31. The molecule has 1 amide bonds. The van der Waals surface area contributed by atoms with Crippen LogP contribution in [0.3, 0.4) is 0 Å². The molecule has 0 heterocycles. The Labute approximate surface area is 117 Å². The van der Waals surface area contributed by atoms with Crippen LogP contribution in [-0.4, -0.2) is 18.0 Å². The van der Waals surface area contributed by atoms with E-state index in [0.717, 1.165) is 31.7 Å². The van der Waals surface area contributed by atoms with Gasteiger partial charge in [-0.05, 0) is 43.7 Å². The largest absolute Gasteiger partial charge is 0.345 e. The molecule has 0 atom stereocenters. The molecule has 0 aliphatic heterocycles. The summed E-state index contributed by atoms with van der Waals surface area (Å²) in [5, 5.41) is 2.82. The first-order chi connectivity index (χ1) is 9.47. The number of halogens is 2. The van der Waals surface area contributed by atoms with Gasteiger partial charge in [0.05, 0.1) is 11.1 Å². The summed E-state index contributed by atoms with van der Waals surface area (Å²) >= 11 is 0. The third-order valence-electron chi connectivity index (χ3n) is 4.20. The van der Waals surface area contributed by atoms with Gasteiger partial charge in [0, 0.05) is 6.54 Å². The molecular weight excluding hydrogens is 262 g/mol. The third kappa shape index (κ3) is 2.98. The fraction of sp³-hybridized carbons (Fsp3) is 0.533. The minimum Gasteiger partial charge on any atom is -0.345 e. The first-order valence-corrected chi connectivity index (χ1v) is 6.94. The molecule has 1 saturated carbocycles. The van der Waals surface area contributed by atoms with Gasteiger partial charge in [-0.15, -0.1) is 0 Å². The molecule has 0 aromatic heterocycles. The predicted molar refractivity (Wildman–Crippen MR) is 73.2 cm³/mol. The van der Waals surface area contributed by atoms with Gasteiger partial charge in [-0.1, -0.05) is 13.0 Å². The van der Waals surface area contributed by atoms with Crippen molar-refractivity contribution in [1.29, 1.82) is 0 Å². The van der Waals surface area contributed by atoms with Crippen molar-refractivity contribution in [2.24, 2.45) is 11.7 Å². The Morgan fingerprint density at radius 3 is 2.65 bits per heavy atom. The average Bonchev–Trinajstić information content (AvgIpc) is 2.44. The van der Waals surface area contributed by atoms with Crippen LogP contribution in [0, 0.1) is 17.6 Å². The Hall–Kier alpha value is -1.49. The predicted octanol–water partition coefficient (Wildman–Crippen LogP) is 2.60. The topological polar surface area (TPSA) is 55.1 Å². The number of nitrogens with two attached hydrogens (primary N) is 1. The van der Waals surface area contributed by atoms with Crippen LogP contribution in [0.5, 0.6) is 0 Å². The first kappa shape index (κ1) is 14.9. The van der Waals surface area contributed by atoms with Crippen LogP contribution in [0.2, 0.25) is 0 Å². The summed E-state index contributed by atoms with van der Waals surface area (Å²) in [6, 6.07) is 3.60. The lowest BCUT2D eigenvalue weighted by Gasteiger charge is -2.39. The van der Waals surface area contributed by atoms with Crippen LogP contribution in [-0.2, 0) is 0 Å². The summed E-state index contributed by atoms with van der Waals surface area (Å²) in [6.07, 6.45) is 3.49. The van der Waals surface area contributed by atoms with E-state index in [1.165, 1.54) is 12.1 Å². The first-order valence-electron chi connectivity index (χ1n) is 6.94. The van der Waals surface area contributed by atoms with Crippen molar-refractivity contribution in [2.75, 3.05) is 6.54 Å². The van der Waals surface area contributed by atoms with Crippen molar-refractivity contribution in [1.82, 2.24) is 5.32 Å². The monoisotopic (exact) mass is 282 g/mol. The van der Waals surface area contributed by atoms with Gasteiger partial charge in [0.25, 0.3) is 5.91 Å². The molecule has 0 unspecified atom stereocenters. The summed E-state index contributed by atoms with van der Waals surface area (Å²) in [5.74, 6) is -2.11. The number of carbonyl (C=O) groups is 1. The smallest absolute Gasteiger partial charge is 0.254 e. The maximum atomic E-state index is 13.6. The van der Waals surface area contributed by atoms with Crippen molar-refractivity contribution >= 4 is 5.91 Å². The van der Waals surface area contributed by atoms with Crippen LogP contribution in [0.4, 0.5) is 8.78 Å². The standard InChI is InChI=1S/C15H20F2N2O/c1-10-5-7-15(9-18,8-6-10)19-14(20)11-3-2-4-12(16)13(11)17/h2-4,10H,5-9,18H2,1H3,(H,19,20). The summed E-state index contributed by atoms with van der Waals surface area (Å²) in [5.41, 5.74) is 5.03. The fourth-order valence-corrected chi connectivity index (χ4v) is 2.68.